The first-order valence-electron chi connectivity index (χ1n) is 3.49. The summed E-state index contributed by atoms with van der Waals surface area (Å²) in [5.74, 6) is 0. The van der Waals surface area contributed by atoms with Crippen molar-refractivity contribution in [3.8, 4) is 0 Å². The average molecular weight is 191 g/mol. The second-order valence-electron chi connectivity index (χ2n) is 2.19. The molecule has 1 atom stereocenters. The minimum atomic E-state index is -2.32. The molecule has 0 radical (unpaired) electrons. The Morgan fingerprint density at radius 3 is 2.58 bits per heavy atom. The van der Waals surface area contributed by atoms with Crippen LogP contribution in [-0.4, -0.2) is 18.9 Å². The van der Waals surface area contributed by atoms with Gasteiger partial charge in [-0.3, -0.25) is 0 Å². The Morgan fingerprint density at radius 2 is 2.17 bits per heavy atom. The van der Waals surface area contributed by atoms with Crippen molar-refractivity contribution in [2.45, 2.75) is 13.8 Å². The lowest BCUT2D eigenvalue weighted by Crippen LogP contribution is -2.00. The van der Waals surface area contributed by atoms with Crippen molar-refractivity contribution >= 4 is 13.7 Å². The number of carbonyl (C=O) groups excluding carboxylic acids is 1. The van der Waals surface area contributed by atoms with Gasteiger partial charge in [-0.05, 0) is 24.0 Å². The van der Waals surface area contributed by atoms with Crippen LogP contribution in [0.1, 0.15) is 13.8 Å². The van der Waals surface area contributed by atoms with Gasteiger partial charge in [0, 0.05) is 0 Å². The molecule has 0 aromatic carbocycles. The van der Waals surface area contributed by atoms with Crippen molar-refractivity contribution < 1.29 is 18.6 Å². The minimum Gasteiger partial charge on any atom is -0.421 e. The molecule has 1 unspecified atom stereocenters. The van der Waals surface area contributed by atoms with Crippen molar-refractivity contribution in [2.75, 3.05) is 13.2 Å². The standard InChI is InChI=1S/C7H12O4P/c1-4-11-12(9)7(8)10-5-6(2)3/h2,4-5H2,1,3H3/q+1. The van der Waals surface area contributed by atoms with Crippen molar-refractivity contribution in [3.63, 3.8) is 0 Å². The SMILES string of the molecule is C=C(C)COC(=O)[P+](=O)OCC. The van der Waals surface area contributed by atoms with Gasteiger partial charge in [0.2, 0.25) is 0 Å². The molecule has 0 spiro atoms. The molecule has 0 aliphatic carbocycles. The van der Waals surface area contributed by atoms with Gasteiger partial charge in [0.15, 0.2) is 0 Å². The average Bonchev–Trinajstić information content (AvgIpc) is 2.00. The first kappa shape index (κ1) is 11.3. The number of hydrogen-bond donors (Lipinski definition) is 0. The van der Waals surface area contributed by atoms with E-state index in [1.807, 2.05) is 0 Å². The van der Waals surface area contributed by atoms with Crippen LogP contribution in [0.25, 0.3) is 0 Å². The van der Waals surface area contributed by atoms with Gasteiger partial charge in [-0.25, -0.2) is 0 Å². The van der Waals surface area contributed by atoms with E-state index in [0.717, 1.165) is 0 Å². The van der Waals surface area contributed by atoms with E-state index in [9.17, 15) is 9.36 Å². The van der Waals surface area contributed by atoms with E-state index in [-0.39, 0.29) is 13.2 Å². The summed E-state index contributed by atoms with van der Waals surface area (Å²) in [4.78, 5) is 10.8. The van der Waals surface area contributed by atoms with Gasteiger partial charge in [-0.15, -0.1) is 4.52 Å². The summed E-state index contributed by atoms with van der Waals surface area (Å²) < 4.78 is 19.9. The smallest absolute Gasteiger partial charge is 0.421 e. The Balaban J connectivity index is 3.72. The maximum atomic E-state index is 10.8. The van der Waals surface area contributed by atoms with Gasteiger partial charge in [0.1, 0.15) is 13.2 Å². The summed E-state index contributed by atoms with van der Waals surface area (Å²) >= 11 is 0. The molecule has 68 valence electrons. The Labute approximate surface area is 72.4 Å². The molecular formula is C7H12O4P+. The van der Waals surface area contributed by atoms with Gasteiger partial charge < -0.3 is 4.74 Å². The van der Waals surface area contributed by atoms with Crippen LogP contribution in [0.15, 0.2) is 12.2 Å². The molecule has 0 aromatic rings. The van der Waals surface area contributed by atoms with E-state index in [1.165, 1.54) is 0 Å². The monoisotopic (exact) mass is 191 g/mol. The predicted octanol–water partition coefficient (Wildman–Crippen LogP) is 2.48. The molecule has 0 aromatic heterocycles. The largest absolute Gasteiger partial charge is 0.636 e. The Bertz CT molecular complexity index is 200. The summed E-state index contributed by atoms with van der Waals surface area (Å²) in [6.07, 6.45) is 0. The fourth-order valence-corrected chi connectivity index (χ4v) is 0.917. The van der Waals surface area contributed by atoms with Crippen molar-refractivity contribution in [2.24, 2.45) is 0 Å². The van der Waals surface area contributed by atoms with Crippen LogP contribution in [0.2, 0.25) is 0 Å². The zero-order chi connectivity index (χ0) is 9.56. The summed E-state index contributed by atoms with van der Waals surface area (Å²) in [5, 5.41) is 0. The van der Waals surface area contributed by atoms with E-state index in [1.54, 1.807) is 13.8 Å². The predicted molar refractivity (Wildman–Crippen MR) is 45.4 cm³/mol. The van der Waals surface area contributed by atoms with E-state index in [4.69, 9.17) is 0 Å². The van der Waals surface area contributed by atoms with E-state index >= 15 is 0 Å². The highest BCUT2D eigenvalue weighted by molar-refractivity contribution is 7.58. The molecule has 5 heteroatoms. The molecule has 0 fully saturated rings. The highest BCUT2D eigenvalue weighted by Crippen LogP contribution is 2.24. The minimum absolute atomic E-state index is 0.0903. The molecule has 0 heterocycles. The lowest BCUT2D eigenvalue weighted by atomic mass is 10.4. The highest BCUT2D eigenvalue weighted by Gasteiger charge is 2.32. The molecule has 0 saturated carbocycles. The molecule has 0 aliphatic heterocycles. The summed E-state index contributed by atoms with van der Waals surface area (Å²) in [5.41, 5.74) is -0.127. The van der Waals surface area contributed by atoms with Crippen LogP contribution in [-0.2, 0) is 13.8 Å². The first-order valence-corrected chi connectivity index (χ1v) is 4.67. The topological polar surface area (TPSA) is 52.6 Å². The van der Waals surface area contributed by atoms with Crippen molar-refractivity contribution in [1.82, 2.24) is 0 Å². The zero-order valence-electron chi connectivity index (χ0n) is 7.20. The highest BCUT2D eigenvalue weighted by atomic mass is 31.1. The number of hydrogen-bond acceptors (Lipinski definition) is 4. The third kappa shape index (κ3) is 4.99. The second-order valence-corrected chi connectivity index (χ2v) is 3.32. The molecule has 0 bridgehead atoms. The quantitative estimate of drug-likeness (QED) is 0.494. The van der Waals surface area contributed by atoms with Gasteiger partial charge in [-0.2, -0.15) is 4.79 Å². The number of carbonyl (C=O) groups is 1. The van der Waals surface area contributed by atoms with Crippen molar-refractivity contribution in [1.29, 1.82) is 0 Å². The molecule has 0 saturated heterocycles. The molecule has 0 N–H and O–H groups in total. The number of ether oxygens (including phenoxy) is 1. The third-order valence-electron chi connectivity index (χ3n) is 0.837. The lowest BCUT2D eigenvalue weighted by Gasteiger charge is -1.94. The van der Waals surface area contributed by atoms with Gasteiger partial charge in [0.05, 0.1) is 0 Å². The van der Waals surface area contributed by atoms with Crippen LogP contribution in [0, 0.1) is 0 Å². The summed E-state index contributed by atoms with van der Waals surface area (Å²) in [6.45, 7) is 7.20. The fourth-order valence-electron chi connectivity index (χ4n) is 0.408. The third-order valence-corrected chi connectivity index (χ3v) is 1.76. The molecule has 0 rings (SSSR count). The second kappa shape index (κ2) is 5.86. The van der Waals surface area contributed by atoms with Crippen LogP contribution in [0.5, 0.6) is 0 Å². The Hall–Kier alpha value is -0.730. The summed E-state index contributed by atoms with van der Waals surface area (Å²) in [7, 11) is -2.32. The van der Waals surface area contributed by atoms with Crippen molar-refractivity contribution in [3.05, 3.63) is 12.2 Å². The zero-order valence-corrected chi connectivity index (χ0v) is 8.10. The fraction of sp³-hybridized carbons (Fsp3) is 0.571. The van der Waals surface area contributed by atoms with Gasteiger partial charge in [-0.1, -0.05) is 6.58 Å². The summed E-state index contributed by atoms with van der Waals surface area (Å²) in [6, 6.07) is 0. The number of rotatable bonds is 5. The van der Waals surface area contributed by atoms with Crippen LogP contribution in [0.4, 0.5) is 4.79 Å². The maximum Gasteiger partial charge on any atom is 0.636 e. The lowest BCUT2D eigenvalue weighted by molar-refractivity contribution is 0.177. The molecule has 12 heavy (non-hydrogen) atoms. The molecule has 0 aliphatic rings. The Kier molecular flexibility index (Phi) is 5.51. The molecule has 0 amide bonds. The van der Waals surface area contributed by atoms with Crippen LogP contribution >= 0.6 is 8.03 Å². The maximum absolute atomic E-state index is 10.8. The van der Waals surface area contributed by atoms with E-state index in [2.05, 4.69) is 15.8 Å². The van der Waals surface area contributed by atoms with Gasteiger partial charge in [0.25, 0.3) is 0 Å². The molecular weight excluding hydrogens is 179 g/mol. The normalized spacial score (nSPS) is 10.7. The first-order chi connectivity index (χ1) is 5.57. The Morgan fingerprint density at radius 1 is 1.58 bits per heavy atom. The van der Waals surface area contributed by atoms with E-state index in [0.29, 0.717) is 5.57 Å². The van der Waals surface area contributed by atoms with Crippen LogP contribution < -0.4 is 0 Å². The van der Waals surface area contributed by atoms with Crippen LogP contribution in [0.3, 0.4) is 0 Å². The molecule has 4 nitrogen and oxygen atoms in total. The van der Waals surface area contributed by atoms with Gasteiger partial charge >= 0.3 is 13.7 Å². The van der Waals surface area contributed by atoms with E-state index < -0.39 is 13.7 Å².